The van der Waals surface area contributed by atoms with Gasteiger partial charge in [0.15, 0.2) is 5.60 Å². The summed E-state index contributed by atoms with van der Waals surface area (Å²) in [4.78, 5) is 30.5. The molecule has 0 unspecified atom stereocenters. The molecule has 1 aliphatic rings. The van der Waals surface area contributed by atoms with E-state index in [2.05, 4.69) is 5.32 Å². The number of carbonyl (C=O) groups is 3. The lowest BCUT2D eigenvalue weighted by Crippen LogP contribution is -2.42. The maximum Gasteiger partial charge on any atom is 0.336 e. The first kappa shape index (κ1) is 16.3. The van der Waals surface area contributed by atoms with Gasteiger partial charge in [-0.05, 0) is 25.9 Å². The number of aliphatic carboxylic acids is 3. The zero-order chi connectivity index (χ0) is 14.2. The molecular weight excluding hydrogens is 246 g/mol. The fourth-order valence-corrected chi connectivity index (χ4v) is 1.34. The Morgan fingerprint density at radius 1 is 0.944 bits per heavy atom. The second kappa shape index (κ2) is 7.62. The summed E-state index contributed by atoms with van der Waals surface area (Å²) in [5.41, 5.74) is -2.74. The molecule has 5 N–H and O–H groups in total. The molecule has 0 spiro atoms. The molecule has 8 nitrogen and oxygen atoms in total. The van der Waals surface area contributed by atoms with Crippen LogP contribution in [0, 0.1) is 0 Å². The first-order chi connectivity index (χ1) is 8.28. The van der Waals surface area contributed by atoms with Crippen molar-refractivity contribution < 1.29 is 34.8 Å². The van der Waals surface area contributed by atoms with E-state index in [4.69, 9.17) is 20.4 Å². The molecule has 18 heavy (non-hydrogen) atoms. The Hall–Kier alpha value is -1.67. The Bertz CT molecular complexity index is 288. The number of carboxylic acid groups (broad SMARTS) is 3. The van der Waals surface area contributed by atoms with Gasteiger partial charge in [0.2, 0.25) is 0 Å². The average molecular weight is 263 g/mol. The highest BCUT2D eigenvalue weighted by Crippen LogP contribution is 2.15. The van der Waals surface area contributed by atoms with E-state index in [1.54, 1.807) is 0 Å². The summed E-state index contributed by atoms with van der Waals surface area (Å²) in [6.45, 7) is 2.50. The van der Waals surface area contributed by atoms with Gasteiger partial charge in [0.25, 0.3) is 0 Å². The minimum absolute atomic E-state index is 1.14. The number of nitrogens with one attached hydrogen (secondary N) is 1. The third-order valence-electron chi connectivity index (χ3n) is 2.24. The molecule has 0 radical (unpaired) electrons. The van der Waals surface area contributed by atoms with Crippen molar-refractivity contribution in [3.05, 3.63) is 0 Å². The van der Waals surface area contributed by atoms with Crippen LogP contribution in [0.4, 0.5) is 0 Å². The SMILES string of the molecule is C1CCNC1.O=C(O)CC(O)(CC(=O)O)C(=O)O. The monoisotopic (exact) mass is 263 g/mol. The van der Waals surface area contributed by atoms with Gasteiger partial charge in [-0.25, -0.2) is 4.79 Å². The first-order valence-electron chi connectivity index (χ1n) is 5.38. The van der Waals surface area contributed by atoms with E-state index < -0.39 is 36.4 Å². The second-order valence-corrected chi connectivity index (χ2v) is 3.93. The summed E-state index contributed by atoms with van der Waals surface area (Å²) >= 11 is 0. The predicted molar refractivity (Wildman–Crippen MR) is 59.2 cm³/mol. The van der Waals surface area contributed by atoms with Crippen molar-refractivity contribution >= 4 is 17.9 Å². The topological polar surface area (TPSA) is 144 Å². The van der Waals surface area contributed by atoms with Crippen LogP contribution >= 0.6 is 0 Å². The first-order valence-corrected chi connectivity index (χ1v) is 5.38. The molecule has 1 saturated heterocycles. The number of hydrogen-bond donors (Lipinski definition) is 5. The van der Waals surface area contributed by atoms with Gasteiger partial charge in [-0.1, -0.05) is 0 Å². The van der Waals surface area contributed by atoms with Crippen LogP contribution in [0.15, 0.2) is 0 Å². The molecule has 0 atom stereocenters. The zero-order valence-electron chi connectivity index (χ0n) is 9.76. The Morgan fingerprint density at radius 2 is 1.33 bits per heavy atom. The van der Waals surface area contributed by atoms with Crippen molar-refractivity contribution in [1.82, 2.24) is 5.32 Å². The standard InChI is InChI=1S/C6H8O7.C4H9N/c7-3(8)1-6(13,5(11)12)2-4(9)10;1-2-4-5-3-1/h13H,1-2H2,(H,7,8)(H,9,10)(H,11,12);5H,1-4H2. The van der Waals surface area contributed by atoms with Gasteiger partial charge in [0.1, 0.15) is 0 Å². The zero-order valence-corrected chi connectivity index (χ0v) is 9.76. The Kier molecular flexibility index (Phi) is 6.91. The Morgan fingerprint density at radius 3 is 1.50 bits per heavy atom. The molecule has 1 heterocycles. The Balaban J connectivity index is 0.000000473. The quantitative estimate of drug-likeness (QED) is 0.430. The second-order valence-electron chi connectivity index (χ2n) is 3.93. The largest absolute Gasteiger partial charge is 0.481 e. The van der Waals surface area contributed by atoms with Gasteiger partial charge in [0, 0.05) is 0 Å². The summed E-state index contributed by atoms with van der Waals surface area (Å²) < 4.78 is 0. The fraction of sp³-hybridized carbons (Fsp3) is 0.700. The number of aliphatic hydroxyl groups is 1. The van der Waals surface area contributed by atoms with Crippen LogP contribution in [0.1, 0.15) is 25.7 Å². The van der Waals surface area contributed by atoms with Crippen LogP contribution in [-0.2, 0) is 14.4 Å². The molecule has 0 aromatic carbocycles. The van der Waals surface area contributed by atoms with Crippen LogP contribution in [0.2, 0.25) is 0 Å². The molecule has 1 aliphatic heterocycles. The van der Waals surface area contributed by atoms with Crippen molar-refractivity contribution in [2.45, 2.75) is 31.3 Å². The highest BCUT2D eigenvalue weighted by atomic mass is 16.4. The molecule has 8 heteroatoms. The van der Waals surface area contributed by atoms with E-state index >= 15 is 0 Å². The molecule has 0 saturated carbocycles. The normalized spacial score (nSPS) is 14.5. The smallest absolute Gasteiger partial charge is 0.336 e. The average Bonchev–Trinajstić information content (AvgIpc) is 2.71. The maximum absolute atomic E-state index is 10.3. The molecule has 0 aliphatic carbocycles. The van der Waals surface area contributed by atoms with Crippen molar-refractivity contribution in [3.63, 3.8) is 0 Å². The van der Waals surface area contributed by atoms with Crippen molar-refractivity contribution in [1.29, 1.82) is 0 Å². The molecule has 0 amide bonds. The molecule has 104 valence electrons. The lowest BCUT2D eigenvalue weighted by molar-refractivity contribution is -0.170. The summed E-state index contributed by atoms with van der Waals surface area (Å²) in [6.07, 6.45) is 0.489. The van der Waals surface area contributed by atoms with E-state index in [0.29, 0.717) is 0 Å². The third-order valence-corrected chi connectivity index (χ3v) is 2.24. The van der Waals surface area contributed by atoms with Crippen molar-refractivity contribution in [3.8, 4) is 0 Å². The summed E-state index contributed by atoms with van der Waals surface area (Å²) in [6, 6.07) is 0. The molecular formula is C10H17NO7. The lowest BCUT2D eigenvalue weighted by Gasteiger charge is -2.18. The van der Waals surface area contributed by atoms with Gasteiger partial charge in [-0.15, -0.1) is 0 Å². The van der Waals surface area contributed by atoms with Crippen molar-refractivity contribution in [2.24, 2.45) is 0 Å². The van der Waals surface area contributed by atoms with Gasteiger partial charge >= 0.3 is 17.9 Å². The summed E-state index contributed by atoms with van der Waals surface area (Å²) in [5.74, 6) is -5.02. The van der Waals surface area contributed by atoms with Gasteiger partial charge in [0.05, 0.1) is 12.8 Å². The highest BCUT2D eigenvalue weighted by molar-refractivity contribution is 5.88. The van der Waals surface area contributed by atoms with Crippen LogP contribution < -0.4 is 5.32 Å². The number of carboxylic acids is 3. The van der Waals surface area contributed by atoms with Crippen molar-refractivity contribution in [2.75, 3.05) is 13.1 Å². The van der Waals surface area contributed by atoms with Gasteiger partial charge < -0.3 is 25.7 Å². The van der Waals surface area contributed by atoms with Crippen LogP contribution in [0.25, 0.3) is 0 Å². The van der Waals surface area contributed by atoms with E-state index in [1.165, 1.54) is 25.9 Å². The molecule has 1 rings (SSSR count). The van der Waals surface area contributed by atoms with Crippen LogP contribution in [-0.4, -0.2) is 57.0 Å². The fourth-order valence-electron chi connectivity index (χ4n) is 1.34. The van der Waals surface area contributed by atoms with E-state index in [-0.39, 0.29) is 0 Å². The van der Waals surface area contributed by atoms with Crippen LogP contribution in [0.5, 0.6) is 0 Å². The third kappa shape index (κ3) is 6.81. The molecule has 0 aromatic rings. The van der Waals surface area contributed by atoms with Gasteiger partial charge in [-0.3, -0.25) is 9.59 Å². The molecule has 0 bridgehead atoms. The molecule has 0 aromatic heterocycles. The Labute approximate surface area is 103 Å². The predicted octanol–water partition coefficient (Wildman–Crippen LogP) is -0.879. The van der Waals surface area contributed by atoms with Gasteiger partial charge in [-0.2, -0.15) is 0 Å². The minimum atomic E-state index is -2.74. The lowest BCUT2D eigenvalue weighted by atomic mass is 9.96. The van der Waals surface area contributed by atoms with E-state index in [1.807, 2.05) is 0 Å². The minimum Gasteiger partial charge on any atom is -0.481 e. The van der Waals surface area contributed by atoms with E-state index in [9.17, 15) is 14.4 Å². The highest BCUT2D eigenvalue weighted by Gasteiger charge is 2.40. The summed E-state index contributed by atoms with van der Waals surface area (Å²) in [5, 5.41) is 37.0. The number of hydrogen-bond acceptors (Lipinski definition) is 5. The molecule has 1 fully saturated rings. The van der Waals surface area contributed by atoms with Crippen LogP contribution in [0.3, 0.4) is 0 Å². The van der Waals surface area contributed by atoms with E-state index in [0.717, 1.165) is 0 Å². The summed E-state index contributed by atoms with van der Waals surface area (Å²) in [7, 11) is 0. The number of rotatable bonds is 5. The maximum atomic E-state index is 10.3.